The Kier molecular flexibility index (Phi) is 6.06. The molecular weight excluding hydrogens is 514 g/mol. The van der Waals surface area contributed by atoms with Gasteiger partial charge in [0.2, 0.25) is 5.43 Å². The minimum atomic E-state index is -0.680. The zero-order valence-electron chi connectivity index (χ0n) is 22.3. The maximum Gasteiger partial charge on any atom is 0.312 e. The van der Waals surface area contributed by atoms with E-state index in [0.29, 0.717) is 50.4 Å². The number of aryl methyl sites for hydroxylation is 1. The normalized spacial score (nSPS) is 14.6. The first-order chi connectivity index (χ1) is 19.3. The van der Waals surface area contributed by atoms with E-state index in [1.165, 1.54) is 25.0 Å². The highest BCUT2D eigenvalue weighted by Crippen LogP contribution is 2.43. The van der Waals surface area contributed by atoms with Crippen LogP contribution in [0.5, 0.6) is 23.0 Å². The van der Waals surface area contributed by atoms with Crippen molar-refractivity contribution >= 4 is 27.8 Å². The molecule has 0 bridgehead atoms. The topological polar surface area (TPSA) is 106 Å². The van der Waals surface area contributed by atoms with Crippen molar-refractivity contribution in [3.63, 3.8) is 0 Å². The number of benzene rings is 3. The van der Waals surface area contributed by atoms with Crippen molar-refractivity contribution < 1.29 is 28.2 Å². The van der Waals surface area contributed by atoms with Crippen molar-refractivity contribution in [1.82, 2.24) is 4.57 Å². The van der Waals surface area contributed by atoms with Crippen molar-refractivity contribution in [2.45, 2.75) is 12.3 Å². The Bertz CT molecular complexity index is 1950. The fourth-order valence-electron chi connectivity index (χ4n) is 5.37. The van der Waals surface area contributed by atoms with Gasteiger partial charge in [0.1, 0.15) is 23.3 Å². The third kappa shape index (κ3) is 3.89. The van der Waals surface area contributed by atoms with E-state index in [1.807, 2.05) is 12.1 Å². The van der Waals surface area contributed by atoms with E-state index in [4.69, 9.17) is 23.4 Å². The second-order valence-corrected chi connectivity index (χ2v) is 9.52. The standard InChI is InChI=1S/C31H25NO8/c1-32-23-13-18(36-2)7-5-17(23)11-21(31(32)35)20-14-27(33)40-25-10-8-19-29(34)22(15-39-30(19)28(20)25)16-6-9-24(37-3)26(12-16)38-4/h5-13,15,20H,14H2,1-4H3/t20-/m1/s1. The van der Waals surface area contributed by atoms with E-state index < -0.39 is 11.9 Å². The van der Waals surface area contributed by atoms with Crippen LogP contribution in [-0.4, -0.2) is 31.9 Å². The predicted molar refractivity (Wildman–Crippen MR) is 149 cm³/mol. The average molecular weight is 540 g/mol. The molecule has 0 saturated carbocycles. The molecule has 9 heteroatoms. The molecule has 1 atom stereocenters. The van der Waals surface area contributed by atoms with E-state index in [9.17, 15) is 14.4 Å². The number of pyridine rings is 1. The number of nitrogens with zero attached hydrogens (tertiary/aromatic N) is 1. The monoisotopic (exact) mass is 539 g/mol. The quantitative estimate of drug-likeness (QED) is 0.232. The number of methoxy groups -OCH3 is 3. The van der Waals surface area contributed by atoms with E-state index in [1.54, 1.807) is 56.6 Å². The summed E-state index contributed by atoms with van der Waals surface area (Å²) in [5, 5.41) is 1.10. The van der Waals surface area contributed by atoms with Crippen molar-refractivity contribution in [3.05, 3.63) is 92.6 Å². The molecule has 0 N–H and O–H groups in total. The molecule has 5 aromatic rings. The molecule has 0 fully saturated rings. The highest BCUT2D eigenvalue weighted by Gasteiger charge is 2.34. The first-order valence-electron chi connectivity index (χ1n) is 12.5. The number of fused-ring (bicyclic) bond motifs is 4. The summed E-state index contributed by atoms with van der Waals surface area (Å²) in [5.41, 5.74) is 2.21. The van der Waals surface area contributed by atoms with Gasteiger partial charge in [0.15, 0.2) is 11.5 Å². The van der Waals surface area contributed by atoms with Gasteiger partial charge in [0.25, 0.3) is 5.56 Å². The molecule has 0 amide bonds. The first kappa shape index (κ1) is 25.2. The summed E-state index contributed by atoms with van der Waals surface area (Å²) in [6.07, 6.45) is 1.30. The maximum absolute atomic E-state index is 13.7. The molecule has 3 heterocycles. The van der Waals surface area contributed by atoms with Gasteiger partial charge in [0, 0.05) is 30.2 Å². The molecule has 0 saturated heterocycles. The lowest BCUT2D eigenvalue weighted by Crippen LogP contribution is -2.29. The predicted octanol–water partition coefficient (Wildman–Crippen LogP) is 4.78. The van der Waals surface area contributed by atoms with Crippen molar-refractivity contribution in [2.75, 3.05) is 21.3 Å². The van der Waals surface area contributed by atoms with Gasteiger partial charge in [-0.2, -0.15) is 0 Å². The van der Waals surface area contributed by atoms with Crippen LogP contribution >= 0.6 is 0 Å². The molecular formula is C31H25NO8. The molecule has 0 spiro atoms. The molecule has 3 aromatic carbocycles. The lowest BCUT2D eigenvalue weighted by molar-refractivity contribution is -0.135. The molecule has 1 aliphatic rings. The smallest absolute Gasteiger partial charge is 0.312 e. The summed E-state index contributed by atoms with van der Waals surface area (Å²) in [7, 11) is 6.29. The summed E-state index contributed by atoms with van der Waals surface area (Å²) >= 11 is 0. The van der Waals surface area contributed by atoms with Gasteiger partial charge in [-0.15, -0.1) is 0 Å². The van der Waals surface area contributed by atoms with E-state index in [-0.39, 0.29) is 28.7 Å². The van der Waals surface area contributed by atoms with Crippen LogP contribution < -0.4 is 29.9 Å². The number of aromatic nitrogens is 1. The molecule has 9 nitrogen and oxygen atoms in total. The second-order valence-electron chi connectivity index (χ2n) is 9.52. The van der Waals surface area contributed by atoms with Crippen LogP contribution in [0.1, 0.15) is 23.5 Å². The third-order valence-electron chi connectivity index (χ3n) is 7.41. The fourth-order valence-corrected chi connectivity index (χ4v) is 5.37. The molecule has 0 unspecified atom stereocenters. The molecule has 40 heavy (non-hydrogen) atoms. The van der Waals surface area contributed by atoms with E-state index >= 15 is 0 Å². The van der Waals surface area contributed by atoms with E-state index in [2.05, 4.69) is 0 Å². The minimum absolute atomic E-state index is 0.0792. The lowest BCUT2D eigenvalue weighted by Gasteiger charge is -2.25. The van der Waals surface area contributed by atoms with Crippen molar-refractivity contribution in [2.24, 2.45) is 7.05 Å². The average Bonchev–Trinajstić information content (AvgIpc) is 2.97. The Morgan fingerprint density at radius 1 is 0.875 bits per heavy atom. The minimum Gasteiger partial charge on any atom is -0.497 e. The van der Waals surface area contributed by atoms with Crippen LogP contribution in [0.4, 0.5) is 0 Å². The Balaban J connectivity index is 1.56. The summed E-state index contributed by atoms with van der Waals surface area (Å²) in [6.45, 7) is 0. The molecule has 6 rings (SSSR count). The number of esters is 1. The molecule has 2 aromatic heterocycles. The Morgan fingerprint density at radius 2 is 1.68 bits per heavy atom. The van der Waals surface area contributed by atoms with Gasteiger partial charge in [-0.25, -0.2) is 0 Å². The number of ether oxygens (including phenoxy) is 4. The maximum atomic E-state index is 13.7. The van der Waals surface area contributed by atoms with Crippen LogP contribution in [0.25, 0.3) is 33.0 Å². The van der Waals surface area contributed by atoms with E-state index in [0.717, 1.165) is 5.39 Å². The fraction of sp³-hybridized carbons (Fsp3) is 0.194. The van der Waals surface area contributed by atoms with Gasteiger partial charge in [-0.05, 0) is 53.4 Å². The number of carbonyl (C=O) groups is 1. The zero-order chi connectivity index (χ0) is 28.1. The zero-order valence-corrected chi connectivity index (χ0v) is 22.3. The van der Waals surface area contributed by atoms with Crippen LogP contribution in [0.2, 0.25) is 0 Å². The molecule has 1 aliphatic heterocycles. The lowest BCUT2D eigenvalue weighted by atomic mass is 9.85. The van der Waals surface area contributed by atoms with Gasteiger partial charge in [-0.3, -0.25) is 14.4 Å². The Morgan fingerprint density at radius 3 is 2.42 bits per heavy atom. The van der Waals surface area contributed by atoms with Gasteiger partial charge >= 0.3 is 5.97 Å². The summed E-state index contributed by atoms with van der Waals surface area (Å²) in [6, 6.07) is 15.5. The van der Waals surface area contributed by atoms with Crippen molar-refractivity contribution in [1.29, 1.82) is 0 Å². The number of hydrogen-bond donors (Lipinski definition) is 0. The number of rotatable bonds is 5. The first-order valence-corrected chi connectivity index (χ1v) is 12.5. The molecule has 0 aliphatic carbocycles. The van der Waals surface area contributed by atoms with Crippen LogP contribution in [0.15, 0.2) is 74.9 Å². The van der Waals surface area contributed by atoms with Gasteiger partial charge in [-0.1, -0.05) is 6.07 Å². The SMILES string of the molecule is COc1ccc2cc([C@H]3CC(=O)Oc4ccc5c(=O)c(-c6ccc(OC)c(OC)c6)coc5c43)c(=O)n(C)c2c1. The highest BCUT2D eigenvalue weighted by molar-refractivity contribution is 5.91. The van der Waals surface area contributed by atoms with Gasteiger partial charge < -0.3 is 27.9 Å². The summed E-state index contributed by atoms with van der Waals surface area (Å²) in [5.74, 6) is 0.734. The summed E-state index contributed by atoms with van der Waals surface area (Å²) < 4.78 is 29.2. The van der Waals surface area contributed by atoms with Crippen molar-refractivity contribution in [3.8, 4) is 34.1 Å². The molecule has 202 valence electrons. The highest BCUT2D eigenvalue weighted by atomic mass is 16.5. The summed E-state index contributed by atoms with van der Waals surface area (Å²) in [4.78, 5) is 40.0. The second kappa shape index (κ2) is 9.60. The Labute approximate surface area is 228 Å². The molecule has 0 radical (unpaired) electrons. The van der Waals surface area contributed by atoms with Crippen LogP contribution in [0, 0.1) is 0 Å². The number of carbonyl (C=O) groups excluding carboxylic acids is 1. The number of hydrogen-bond acceptors (Lipinski definition) is 8. The Hall–Kier alpha value is -5.05. The third-order valence-corrected chi connectivity index (χ3v) is 7.41. The van der Waals surface area contributed by atoms with Crippen LogP contribution in [0.3, 0.4) is 0 Å². The largest absolute Gasteiger partial charge is 0.497 e. The van der Waals surface area contributed by atoms with Gasteiger partial charge in [0.05, 0.1) is 44.2 Å². The van der Waals surface area contributed by atoms with Crippen LogP contribution in [-0.2, 0) is 11.8 Å².